The molecule has 26 heavy (non-hydrogen) atoms. The summed E-state index contributed by atoms with van der Waals surface area (Å²) in [7, 11) is 0. The van der Waals surface area contributed by atoms with Gasteiger partial charge in [0.05, 0.1) is 5.56 Å². The first-order valence-electron chi connectivity index (χ1n) is 7.92. The van der Waals surface area contributed by atoms with Crippen LogP contribution in [0.25, 0.3) is 0 Å². The van der Waals surface area contributed by atoms with E-state index in [2.05, 4.69) is 15.9 Å². The predicted octanol–water partition coefficient (Wildman–Crippen LogP) is 5.98. The number of carbonyl (C=O) groups is 1. The summed E-state index contributed by atoms with van der Waals surface area (Å²) in [4.78, 5) is 11.6. The molecule has 0 atom stereocenters. The van der Waals surface area contributed by atoms with Crippen LogP contribution in [0.4, 0.5) is 13.2 Å². The van der Waals surface area contributed by atoms with Gasteiger partial charge >= 0.3 is 12.1 Å². The van der Waals surface area contributed by atoms with E-state index in [-0.39, 0.29) is 24.5 Å². The zero-order chi connectivity index (χ0) is 19.5. The van der Waals surface area contributed by atoms with Crippen molar-refractivity contribution in [2.24, 2.45) is 0 Å². The van der Waals surface area contributed by atoms with Crippen LogP contribution < -0.4 is 9.47 Å². The van der Waals surface area contributed by atoms with E-state index in [0.29, 0.717) is 21.2 Å². The van der Waals surface area contributed by atoms with Crippen LogP contribution in [0.2, 0.25) is 0 Å². The molecule has 0 heterocycles. The van der Waals surface area contributed by atoms with Gasteiger partial charge in [-0.1, -0.05) is 28.9 Å². The second kappa shape index (κ2) is 8.12. The molecule has 2 aromatic carbocycles. The Morgan fingerprint density at radius 3 is 2.38 bits per heavy atom. The fourth-order valence-corrected chi connectivity index (χ4v) is 2.71. The molecule has 0 saturated heterocycles. The summed E-state index contributed by atoms with van der Waals surface area (Å²) >= 11 is 3.32. The van der Waals surface area contributed by atoms with Gasteiger partial charge in [0.25, 0.3) is 0 Å². The number of esters is 1. The van der Waals surface area contributed by atoms with E-state index in [0.717, 1.165) is 6.07 Å². The standard InChI is InChI=1S/C19H18BrF3O3/c1-4-18(24)26-16-7-5-6-15(20)13(16)10-25-17-9-12(3)11(2)8-14(17)19(21,22)23/h5-9H,4,10H2,1-3H3. The van der Waals surface area contributed by atoms with Crippen molar-refractivity contribution in [1.29, 1.82) is 0 Å². The van der Waals surface area contributed by atoms with Crippen molar-refractivity contribution in [2.45, 2.75) is 40.0 Å². The normalized spacial score (nSPS) is 11.3. The Morgan fingerprint density at radius 1 is 1.12 bits per heavy atom. The largest absolute Gasteiger partial charge is 0.488 e. The van der Waals surface area contributed by atoms with Crippen molar-refractivity contribution < 1.29 is 27.4 Å². The van der Waals surface area contributed by atoms with Crippen molar-refractivity contribution >= 4 is 21.9 Å². The van der Waals surface area contributed by atoms with E-state index in [1.54, 1.807) is 39.0 Å². The predicted molar refractivity (Wildman–Crippen MR) is 95.3 cm³/mol. The Balaban J connectivity index is 2.35. The first-order chi connectivity index (χ1) is 12.1. The maximum absolute atomic E-state index is 13.3. The number of hydrogen-bond acceptors (Lipinski definition) is 3. The minimum atomic E-state index is -4.53. The van der Waals surface area contributed by atoms with Crippen molar-refractivity contribution in [3.63, 3.8) is 0 Å². The van der Waals surface area contributed by atoms with Gasteiger partial charge in [-0.3, -0.25) is 4.79 Å². The zero-order valence-electron chi connectivity index (χ0n) is 14.5. The van der Waals surface area contributed by atoms with E-state index in [4.69, 9.17) is 9.47 Å². The minimum Gasteiger partial charge on any atom is -0.488 e. The lowest BCUT2D eigenvalue weighted by Crippen LogP contribution is -2.12. The molecule has 0 N–H and O–H groups in total. The highest BCUT2D eigenvalue weighted by Crippen LogP contribution is 2.39. The van der Waals surface area contributed by atoms with Gasteiger partial charge in [-0.25, -0.2) is 0 Å². The molecule has 0 unspecified atom stereocenters. The molecule has 3 nitrogen and oxygen atoms in total. The van der Waals surface area contributed by atoms with Crippen molar-refractivity contribution in [1.82, 2.24) is 0 Å². The van der Waals surface area contributed by atoms with Crippen LogP contribution in [-0.2, 0) is 17.6 Å². The van der Waals surface area contributed by atoms with E-state index in [1.807, 2.05) is 0 Å². The van der Waals surface area contributed by atoms with Gasteiger partial charge in [-0.05, 0) is 49.2 Å². The Morgan fingerprint density at radius 2 is 1.77 bits per heavy atom. The van der Waals surface area contributed by atoms with Gasteiger partial charge in [0.1, 0.15) is 18.1 Å². The molecular weight excluding hydrogens is 413 g/mol. The van der Waals surface area contributed by atoms with Gasteiger partial charge < -0.3 is 9.47 Å². The zero-order valence-corrected chi connectivity index (χ0v) is 16.1. The molecule has 0 aliphatic rings. The third-order valence-corrected chi connectivity index (χ3v) is 4.60. The van der Waals surface area contributed by atoms with Gasteiger partial charge in [0, 0.05) is 16.5 Å². The molecule has 140 valence electrons. The molecule has 0 aromatic heterocycles. The second-order valence-corrected chi connectivity index (χ2v) is 6.62. The fraction of sp³-hybridized carbons (Fsp3) is 0.316. The number of alkyl halides is 3. The van der Waals surface area contributed by atoms with Crippen LogP contribution in [0.15, 0.2) is 34.8 Å². The Labute approximate surface area is 158 Å². The summed E-state index contributed by atoms with van der Waals surface area (Å²) in [5.74, 6) is -0.445. The van der Waals surface area contributed by atoms with Gasteiger partial charge in [-0.15, -0.1) is 0 Å². The lowest BCUT2D eigenvalue weighted by Gasteiger charge is -2.18. The van der Waals surface area contributed by atoms with E-state index in [9.17, 15) is 18.0 Å². The Kier molecular flexibility index (Phi) is 6.34. The summed E-state index contributed by atoms with van der Waals surface area (Å²) < 4.78 is 51.2. The summed E-state index contributed by atoms with van der Waals surface area (Å²) in [6.45, 7) is 4.81. The molecule has 0 bridgehead atoms. The Hall–Kier alpha value is -2.02. The summed E-state index contributed by atoms with van der Waals surface area (Å²) in [5, 5.41) is 0. The average molecular weight is 431 g/mol. The highest BCUT2D eigenvalue weighted by molar-refractivity contribution is 9.10. The molecule has 0 amide bonds. The maximum Gasteiger partial charge on any atom is 0.419 e. The average Bonchev–Trinajstić information content (AvgIpc) is 2.56. The Bertz CT molecular complexity index is 816. The lowest BCUT2D eigenvalue weighted by atomic mass is 10.0. The van der Waals surface area contributed by atoms with Crippen LogP contribution in [0.5, 0.6) is 11.5 Å². The molecule has 2 aromatic rings. The third kappa shape index (κ3) is 4.78. The lowest BCUT2D eigenvalue weighted by molar-refractivity contribution is -0.139. The summed E-state index contributed by atoms with van der Waals surface area (Å²) in [6, 6.07) is 7.38. The number of aryl methyl sites for hydroxylation is 2. The van der Waals surface area contributed by atoms with Crippen LogP contribution in [0, 0.1) is 13.8 Å². The van der Waals surface area contributed by atoms with Crippen molar-refractivity contribution in [2.75, 3.05) is 0 Å². The molecular formula is C19H18BrF3O3. The van der Waals surface area contributed by atoms with Gasteiger partial charge in [0.2, 0.25) is 0 Å². The first kappa shape index (κ1) is 20.3. The maximum atomic E-state index is 13.3. The van der Waals surface area contributed by atoms with E-state index < -0.39 is 17.7 Å². The SMILES string of the molecule is CCC(=O)Oc1cccc(Br)c1COc1cc(C)c(C)cc1C(F)(F)F. The minimum absolute atomic E-state index is 0.181. The quantitative estimate of drug-likeness (QED) is 0.432. The van der Waals surface area contributed by atoms with Crippen LogP contribution in [0.1, 0.15) is 35.6 Å². The molecule has 0 radical (unpaired) electrons. The van der Waals surface area contributed by atoms with Crippen LogP contribution in [0.3, 0.4) is 0 Å². The van der Waals surface area contributed by atoms with E-state index >= 15 is 0 Å². The monoisotopic (exact) mass is 430 g/mol. The van der Waals surface area contributed by atoms with Crippen LogP contribution >= 0.6 is 15.9 Å². The number of hydrogen-bond donors (Lipinski definition) is 0. The summed E-state index contributed by atoms with van der Waals surface area (Å²) in [5.41, 5.74) is 0.848. The van der Waals surface area contributed by atoms with Gasteiger partial charge in [-0.2, -0.15) is 13.2 Å². The molecule has 0 spiro atoms. The highest BCUT2D eigenvalue weighted by atomic mass is 79.9. The second-order valence-electron chi connectivity index (χ2n) is 5.76. The first-order valence-corrected chi connectivity index (χ1v) is 8.72. The number of ether oxygens (including phenoxy) is 2. The van der Waals surface area contributed by atoms with Crippen molar-refractivity contribution in [3.05, 3.63) is 57.1 Å². The highest BCUT2D eigenvalue weighted by Gasteiger charge is 2.35. The van der Waals surface area contributed by atoms with Crippen LogP contribution in [-0.4, -0.2) is 5.97 Å². The molecule has 7 heteroatoms. The topological polar surface area (TPSA) is 35.5 Å². The third-order valence-electron chi connectivity index (χ3n) is 3.86. The molecule has 0 aliphatic carbocycles. The number of benzene rings is 2. The molecule has 0 saturated carbocycles. The molecule has 0 fully saturated rings. The molecule has 2 rings (SSSR count). The smallest absolute Gasteiger partial charge is 0.419 e. The number of rotatable bonds is 5. The molecule has 0 aliphatic heterocycles. The van der Waals surface area contributed by atoms with E-state index in [1.165, 1.54) is 6.07 Å². The van der Waals surface area contributed by atoms with Crippen molar-refractivity contribution in [3.8, 4) is 11.5 Å². The summed E-state index contributed by atoms with van der Waals surface area (Å²) in [6.07, 6.45) is -4.35. The fourth-order valence-electron chi connectivity index (χ4n) is 2.25. The van der Waals surface area contributed by atoms with Gasteiger partial charge in [0.15, 0.2) is 0 Å². The number of carbonyl (C=O) groups excluding carboxylic acids is 1. The number of halogens is 4.